The van der Waals surface area contributed by atoms with E-state index in [1.54, 1.807) is 0 Å². The molecule has 9 heavy (non-hydrogen) atoms. The second-order valence-corrected chi connectivity index (χ2v) is 3.94. The van der Waals surface area contributed by atoms with Gasteiger partial charge in [-0.3, -0.25) is 0 Å². The number of hydrogen-bond donors (Lipinski definition) is 0. The summed E-state index contributed by atoms with van der Waals surface area (Å²) in [4.78, 5) is 0. The summed E-state index contributed by atoms with van der Waals surface area (Å²) in [6, 6.07) is 0. The molecule has 0 heterocycles. The normalized spacial score (nSPS) is 11.3. The van der Waals surface area contributed by atoms with Crippen molar-refractivity contribution in [2.45, 2.75) is 41.0 Å². The van der Waals surface area contributed by atoms with Crippen molar-refractivity contribution < 1.29 is 51.4 Å². The van der Waals surface area contributed by atoms with Gasteiger partial charge in [-0.2, -0.15) is 20.3 Å². The van der Waals surface area contributed by atoms with Crippen LogP contribution in [0.2, 0.25) is 0 Å². The second-order valence-electron chi connectivity index (χ2n) is 3.94. The average Bonchev–Trinajstić information content (AvgIpc) is 1.21. The molecule has 0 saturated heterocycles. The van der Waals surface area contributed by atoms with E-state index < -0.39 is 0 Å². The summed E-state index contributed by atoms with van der Waals surface area (Å²) >= 11 is 0. The van der Waals surface area contributed by atoms with Crippen LogP contribution in [0.25, 0.3) is 0 Å². The molecule has 0 bridgehead atoms. The van der Waals surface area contributed by atoms with Crippen LogP contribution in [0.1, 0.15) is 41.0 Å². The predicted molar refractivity (Wildman–Crippen MR) is 38.7 cm³/mol. The fourth-order valence-corrected chi connectivity index (χ4v) is 1.06. The van der Waals surface area contributed by atoms with Crippen molar-refractivity contribution in [1.82, 2.24) is 0 Å². The van der Waals surface area contributed by atoms with Gasteiger partial charge in [-0.15, -0.1) is 0 Å². The van der Waals surface area contributed by atoms with Gasteiger partial charge in [-0.1, -0.05) is 26.2 Å². The molecular formula is C8H17K. The van der Waals surface area contributed by atoms with Crippen LogP contribution in [0, 0.1) is 11.3 Å². The topological polar surface area (TPSA) is 0 Å². The van der Waals surface area contributed by atoms with Crippen LogP contribution in [0.3, 0.4) is 0 Å². The van der Waals surface area contributed by atoms with Crippen LogP contribution in [0.4, 0.5) is 0 Å². The Balaban J connectivity index is 0. The summed E-state index contributed by atoms with van der Waals surface area (Å²) in [5.41, 5.74) is 0.485. The van der Waals surface area contributed by atoms with Crippen LogP contribution in [0.5, 0.6) is 0 Å². The van der Waals surface area contributed by atoms with Crippen molar-refractivity contribution in [1.29, 1.82) is 0 Å². The van der Waals surface area contributed by atoms with Crippen LogP contribution >= 0.6 is 0 Å². The average molecular weight is 152 g/mol. The molecule has 0 aliphatic rings. The van der Waals surface area contributed by atoms with E-state index in [2.05, 4.69) is 34.6 Å². The summed E-state index contributed by atoms with van der Waals surface area (Å²) in [5.74, 6) is 1.53. The molecule has 0 fully saturated rings. The van der Waals surface area contributed by atoms with Gasteiger partial charge in [0.15, 0.2) is 0 Å². The first-order valence-corrected chi connectivity index (χ1v) is 3.21. The van der Waals surface area contributed by atoms with E-state index in [1.165, 1.54) is 12.3 Å². The molecule has 0 saturated carbocycles. The van der Waals surface area contributed by atoms with Gasteiger partial charge in [0.25, 0.3) is 0 Å². The van der Waals surface area contributed by atoms with E-state index in [1.807, 2.05) is 0 Å². The molecule has 0 aliphatic carbocycles. The molecule has 0 aromatic heterocycles. The summed E-state index contributed by atoms with van der Waals surface area (Å²) in [5, 5.41) is 0. The minimum absolute atomic E-state index is 0. The molecule has 0 amide bonds. The van der Waals surface area contributed by atoms with Crippen molar-refractivity contribution in [2.24, 2.45) is 5.41 Å². The standard InChI is InChI=1S/C8H17.K/c1-7(2)6-8(3,4)5;/h6H2,1-5H3;/q-1;+1. The quantitative estimate of drug-likeness (QED) is 0.368. The van der Waals surface area contributed by atoms with Gasteiger partial charge in [-0.25, -0.2) is 0 Å². The first-order chi connectivity index (χ1) is 3.42. The molecule has 50 valence electrons. The molecule has 0 rings (SSSR count). The summed E-state index contributed by atoms with van der Waals surface area (Å²) in [6.45, 7) is 11.2. The van der Waals surface area contributed by atoms with Crippen LogP contribution in [-0.4, -0.2) is 0 Å². The second kappa shape index (κ2) is 5.31. The molecule has 0 spiro atoms. The Morgan fingerprint density at radius 2 is 1.44 bits per heavy atom. The minimum Gasteiger partial charge on any atom is -0.319 e. The smallest absolute Gasteiger partial charge is 0.319 e. The maximum Gasteiger partial charge on any atom is 1.00 e. The monoisotopic (exact) mass is 152 g/mol. The predicted octanol–water partition coefficient (Wildman–Crippen LogP) is 0.0409. The van der Waals surface area contributed by atoms with Crippen LogP contribution in [0.15, 0.2) is 0 Å². The maximum atomic E-state index is 2.26. The van der Waals surface area contributed by atoms with Crippen molar-refractivity contribution >= 4 is 0 Å². The number of rotatable bonds is 1. The van der Waals surface area contributed by atoms with Gasteiger partial charge in [0.05, 0.1) is 0 Å². The Bertz CT molecular complexity index is 59.5. The van der Waals surface area contributed by atoms with E-state index >= 15 is 0 Å². The Morgan fingerprint density at radius 3 is 1.44 bits per heavy atom. The Hall–Kier alpha value is 1.64. The largest absolute Gasteiger partial charge is 1.00 e. The molecule has 0 aromatic carbocycles. The zero-order chi connectivity index (χ0) is 6.78. The maximum absolute atomic E-state index is 2.26. The molecule has 0 atom stereocenters. The molecule has 0 N–H and O–H groups in total. The van der Waals surface area contributed by atoms with Gasteiger partial charge >= 0.3 is 51.4 Å². The Morgan fingerprint density at radius 1 is 1.11 bits per heavy atom. The van der Waals surface area contributed by atoms with Gasteiger partial charge in [0, 0.05) is 0 Å². The molecule has 0 aliphatic heterocycles. The van der Waals surface area contributed by atoms with Gasteiger partial charge in [0.1, 0.15) is 0 Å². The molecule has 0 aromatic rings. The fraction of sp³-hybridized carbons (Fsp3) is 0.875. The molecule has 1 heteroatoms. The molecule has 0 unspecified atom stereocenters. The Labute approximate surface area is 102 Å². The zero-order valence-electron chi connectivity index (χ0n) is 7.71. The van der Waals surface area contributed by atoms with Gasteiger partial charge in [0.2, 0.25) is 0 Å². The fourth-order valence-electron chi connectivity index (χ4n) is 1.06. The zero-order valence-corrected chi connectivity index (χ0v) is 10.8. The van der Waals surface area contributed by atoms with E-state index in [-0.39, 0.29) is 51.4 Å². The third-order valence-corrected chi connectivity index (χ3v) is 0.884. The van der Waals surface area contributed by atoms with E-state index in [4.69, 9.17) is 0 Å². The molecular weight excluding hydrogens is 135 g/mol. The molecule has 0 nitrogen and oxygen atoms in total. The summed E-state index contributed by atoms with van der Waals surface area (Å²) < 4.78 is 0. The minimum atomic E-state index is 0. The van der Waals surface area contributed by atoms with Crippen molar-refractivity contribution in [2.75, 3.05) is 0 Å². The van der Waals surface area contributed by atoms with Crippen molar-refractivity contribution in [3.8, 4) is 0 Å². The van der Waals surface area contributed by atoms with Gasteiger partial charge in [-0.05, 0) is 0 Å². The van der Waals surface area contributed by atoms with Crippen LogP contribution < -0.4 is 51.4 Å². The first kappa shape index (κ1) is 13.2. The van der Waals surface area contributed by atoms with Crippen LogP contribution in [-0.2, 0) is 0 Å². The third kappa shape index (κ3) is 12.8. The van der Waals surface area contributed by atoms with E-state index in [0.717, 1.165) is 0 Å². The Kier molecular flexibility index (Phi) is 7.81. The first-order valence-electron chi connectivity index (χ1n) is 3.21. The SMILES string of the molecule is C[C-](C)CC(C)(C)C.[K+]. The van der Waals surface area contributed by atoms with Crippen molar-refractivity contribution in [3.63, 3.8) is 0 Å². The molecule has 0 radical (unpaired) electrons. The van der Waals surface area contributed by atoms with E-state index in [9.17, 15) is 0 Å². The summed E-state index contributed by atoms with van der Waals surface area (Å²) in [6.07, 6.45) is 1.24. The van der Waals surface area contributed by atoms with Crippen molar-refractivity contribution in [3.05, 3.63) is 5.92 Å². The van der Waals surface area contributed by atoms with Gasteiger partial charge < -0.3 is 5.92 Å². The van der Waals surface area contributed by atoms with E-state index in [0.29, 0.717) is 5.41 Å². The summed E-state index contributed by atoms with van der Waals surface area (Å²) in [7, 11) is 0. The third-order valence-electron chi connectivity index (χ3n) is 0.884. The number of hydrogen-bond acceptors (Lipinski definition) is 0.